The van der Waals surface area contributed by atoms with E-state index in [-0.39, 0.29) is 44.8 Å². The molecule has 0 heterocycles. The highest BCUT2D eigenvalue weighted by Crippen LogP contribution is 2.27. The number of aliphatic hydroxyl groups excluding tert-OH is 1. The van der Waals surface area contributed by atoms with Gasteiger partial charge in [0, 0.05) is 32.5 Å². The molecule has 0 unspecified atom stereocenters. The zero-order valence-corrected chi connectivity index (χ0v) is 20.4. The second-order valence-corrected chi connectivity index (χ2v) is 8.57. The number of nitrogens with one attached hydrogen (secondary N) is 3. The third-order valence-corrected chi connectivity index (χ3v) is 5.51. The summed E-state index contributed by atoms with van der Waals surface area (Å²) in [5.41, 5.74) is 20.2. The average molecular weight is 501 g/mol. The van der Waals surface area contributed by atoms with Crippen molar-refractivity contribution >= 4 is 17.7 Å². The zero-order chi connectivity index (χ0) is 26.7. The first-order chi connectivity index (χ1) is 17.1. The Kier molecular flexibility index (Phi) is 11.3. The summed E-state index contributed by atoms with van der Waals surface area (Å²) in [5, 5.41) is 27.7. The van der Waals surface area contributed by atoms with Crippen LogP contribution in [0.3, 0.4) is 0 Å². The van der Waals surface area contributed by atoms with Gasteiger partial charge >= 0.3 is 0 Å². The van der Waals surface area contributed by atoms with Gasteiger partial charge in [-0.05, 0) is 35.7 Å². The first-order valence-corrected chi connectivity index (χ1v) is 11.7. The van der Waals surface area contributed by atoms with Crippen LogP contribution >= 0.6 is 0 Å². The van der Waals surface area contributed by atoms with Crippen molar-refractivity contribution in [2.75, 3.05) is 26.2 Å². The summed E-state index contributed by atoms with van der Waals surface area (Å²) in [4.78, 5) is 37.2. The minimum Gasteiger partial charge on any atom is -0.508 e. The van der Waals surface area contributed by atoms with E-state index in [9.17, 15) is 24.6 Å². The number of aromatic hydroxyl groups is 1. The molecule has 0 aliphatic rings. The van der Waals surface area contributed by atoms with Crippen molar-refractivity contribution < 1.29 is 24.6 Å². The van der Waals surface area contributed by atoms with Gasteiger partial charge in [0.25, 0.3) is 0 Å². The van der Waals surface area contributed by atoms with Crippen LogP contribution in [0.5, 0.6) is 5.75 Å². The molecule has 0 saturated carbocycles. The van der Waals surface area contributed by atoms with Gasteiger partial charge in [-0.3, -0.25) is 14.4 Å². The third kappa shape index (κ3) is 8.93. The van der Waals surface area contributed by atoms with Gasteiger partial charge in [0.15, 0.2) is 0 Å². The van der Waals surface area contributed by atoms with Gasteiger partial charge in [-0.1, -0.05) is 35.9 Å². The Hall–Kier alpha value is -3.51. The summed E-state index contributed by atoms with van der Waals surface area (Å²) in [5.74, 6) is -1.78. The quantitative estimate of drug-likeness (QED) is 0.164. The van der Waals surface area contributed by atoms with Crippen LogP contribution in [0.15, 0.2) is 42.5 Å². The highest BCUT2D eigenvalue weighted by Gasteiger charge is 2.26. The lowest BCUT2D eigenvalue weighted by molar-refractivity contribution is -0.131. The third-order valence-electron chi connectivity index (χ3n) is 5.51. The molecule has 0 fully saturated rings. The Morgan fingerprint density at radius 1 is 1.00 bits per heavy atom. The van der Waals surface area contributed by atoms with Gasteiger partial charge in [-0.15, -0.1) is 0 Å². The van der Waals surface area contributed by atoms with Gasteiger partial charge in [-0.2, -0.15) is 0 Å². The van der Waals surface area contributed by atoms with E-state index >= 15 is 0 Å². The van der Waals surface area contributed by atoms with Crippen molar-refractivity contribution in [1.29, 1.82) is 0 Å². The van der Waals surface area contributed by atoms with E-state index in [0.717, 1.165) is 16.7 Å². The van der Waals surface area contributed by atoms with E-state index in [1.807, 2.05) is 31.2 Å². The smallest absolute Gasteiger partial charge is 0.243 e. The normalized spacial score (nSPS) is 13.4. The summed E-state index contributed by atoms with van der Waals surface area (Å²) in [6, 6.07) is 10.7. The van der Waals surface area contributed by atoms with Gasteiger partial charge in [-0.25, -0.2) is 0 Å². The standard InChI is InChI=1S/C25H36N6O5/c1-15-3-2-4-16(9-15)17-5-6-22(33)18(10-17)11-20(28)24(35)31-21(12-19(32)13-27)25(36)30-14-23(34)29-8-7-26/h2-6,9-10,19-21,32-33H,7-8,11-14,26-28H2,1H3,(H,29,34)(H,30,36)(H,31,35)/t19-,20+,21+/m1/s1. The number of nitrogens with two attached hydrogens (primary N) is 3. The van der Waals surface area contributed by atoms with Crippen molar-refractivity contribution in [2.45, 2.75) is 38.0 Å². The highest BCUT2D eigenvalue weighted by molar-refractivity contribution is 5.92. The van der Waals surface area contributed by atoms with Crippen LogP contribution in [-0.2, 0) is 20.8 Å². The molecule has 0 aliphatic heterocycles. The minimum atomic E-state index is -1.17. The summed E-state index contributed by atoms with van der Waals surface area (Å²) in [6.45, 7) is 2.04. The number of hydrogen-bond acceptors (Lipinski definition) is 8. The monoisotopic (exact) mass is 500 g/mol. The van der Waals surface area contributed by atoms with E-state index in [1.54, 1.807) is 18.2 Å². The Labute approximate surface area is 210 Å². The molecule has 0 radical (unpaired) electrons. The van der Waals surface area contributed by atoms with Crippen molar-refractivity contribution in [1.82, 2.24) is 16.0 Å². The summed E-state index contributed by atoms with van der Waals surface area (Å²) in [6.07, 6.45) is -1.22. The predicted molar refractivity (Wildman–Crippen MR) is 137 cm³/mol. The average Bonchev–Trinajstić information content (AvgIpc) is 2.86. The highest BCUT2D eigenvalue weighted by atomic mass is 16.3. The van der Waals surface area contributed by atoms with Crippen LogP contribution in [0.2, 0.25) is 0 Å². The Bertz CT molecular complexity index is 1050. The second kappa shape index (κ2) is 14.1. The number of carbonyl (C=O) groups excluding carboxylic acids is 3. The molecule has 3 atom stereocenters. The van der Waals surface area contributed by atoms with E-state index in [4.69, 9.17) is 17.2 Å². The molecule has 0 aromatic heterocycles. The number of aryl methyl sites for hydroxylation is 1. The lowest BCUT2D eigenvalue weighted by Gasteiger charge is -2.22. The molecule has 11 heteroatoms. The van der Waals surface area contributed by atoms with E-state index in [2.05, 4.69) is 16.0 Å². The first-order valence-electron chi connectivity index (χ1n) is 11.7. The molecule has 0 bridgehead atoms. The van der Waals surface area contributed by atoms with Crippen molar-refractivity contribution in [2.24, 2.45) is 17.2 Å². The summed E-state index contributed by atoms with van der Waals surface area (Å²) >= 11 is 0. The minimum absolute atomic E-state index is 0.00655. The number of hydrogen-bond donors (Lipinski definition) is 8. The largest absolute Gasteiger partial charge is 0.508 e. The van der Waals surface area contributed by atoms with Gasteiger partial charge in [0.1, 0.15) is 11.8 Å². The molecule has 11 N–H and O–H groups in total. The maximum absolute atomic E-state index is 12.8. The lowest BCUT2D eigenvalue weighted by Crippen LogP contribution is -2.54. The van der Waals surface area contributed by atoms with Crippen LogP contribution in [0.4, 0.5) is 0 Å². The predicted octanol–water partition coefficient (Wildman–Crippen LogP) is -1.38. The number of phenols is 1. The summed E-state index contributed by atoms with van der Waals surface area (Å²) < 4.78 is 0. The molecule has 11 nitrogen and oxygen atoms in total. The molecule has 2 aromatic rings. The number of carbonyl (C=O) groups is 3. The Morgan fingerprint density at radius 3 is 2.39 bits per heavy atom. The van der Waals surface area contributed by atoms with Crippen molar-refractivity contribution in [3.05, 3.63) is 53.6 Å². The number of amides is 3. The zero-order valence-electron chi connectivity index (χ0n) is 20.4. The first kappa shape index (κ1) is 28.7. The van der Waals surface area contributed by atoms with Gasteiger partial charge in [0.05, 0.1) is 18.7 Å². The maximum Gasteiger partial charge on any atom is 0.243 e. The van der Waals surface area contributed by atoms with Crippen molar-refractivity contribution in [3.63, 3.8) is 0 Å². The number of rotatable bonds is 13. The topological polar surface area (TPSA) is 206 Å². The van der Waals surface area contributed by atoms with Crippen LogP contribution in [0.25, 0.3) is 11.1 Å². The van der Waals surface area contributed by atoms with Crippen LogP contribution in [-0.4, -0.2) is 72.3 Å². The molecule has 0 aliphatic carbocycles. The maximum atomic E-state index is 12.8. The Morgan fingerprint density at radius 2 is 1.72 bits per heavy atom. The van der Waals surface area contributed by atoms with Crippen molar-refractivity contribution in [3.8, 4) is 16.9 Å². The molecule has 2 rings (SSSR count). The molecule has 0 saturated heterocycles. The van der Waals surface area contributed by atoms with Crippen LogP contribution in [0, 0.1) is 6.92 Å². The fraction of sp³-hybridized carbons (Fsp3) is 0.400. The number of benzene rings is 2. The molecule has 2 aromatic carbocycles. The molecule has 196 valence electrons. The molecule has 0 spiro atoms. The lowest BCUT2D eigenvalue weighted by atomic mass is 9.97. The van der Waals surface area contributed by atoms with Crippen LogP contribution in [0.1, 0.15) is 17.5 Å². The fourth-order valence-electron chi connectivity index (χ4n) is 3.53. The fourth-order valence-corrected chi connectivity index (χ4v) is 3.53. The molecule has 36 heavy (non-hydrogen) atoms. The van der Waals surface area contributed by atoms with Gasteiger partial charge < -0.3 is 43.4 Å². The second-order valence-electron chi connectivity index (χ2n) is 8.57. The van der Waals surface area contributed by atoms with Crippen LogP contribution < -0.4 is 33.2 Å². The SMILES string of the molecule is Cc1cccc(-c2ccc(O)c(C[C@H](N)C(=O)N[C@@H](C[C@@H](O)CN)C(=O)NCC(=O)NCCN)c2)c1. The number of phenolic OH excluding ortho intramolecular Hbond substituents is 1. The summed E-state index contributed by atoms with van der Waals surface area (Å²) in [7, 11) is 0. The van der Waals surface area contributed by atoms with E-state index < -0.39 is 35.9 Å². The number of aliphatic hydroxyl groups is 1. The van der Waals surface area contributed by atoms with E-state index in [1.165, 1.54) is 0 Å². The Balaban J connectivity index is 2.08. The molecule has 3 amide bonds. The van der Waals surface area contributed by atoms with E-state index in [0.29, 0.717) is 5.56 Å². The molecular formula is C25H36N6O5. The van der Waals surface area contributed by atoms with Gasteiger partial charge in [0.2, 0.25) is 17.7 Å². The molecular weight excluding hydrogens is 464 g/mol.